The molecule has 1 aliphatic heterocycles. The molecule has 1 aliphatic rings. The van der Waals surface area contributed by atoms with Gasteiger partial charge in [0.05, 0.1) is 11.5 Å². The van der Waals surface area contributed by atoms with Gasteiger partial charge in [0.25, 0.3) is 0 Å². The van der Waals surface area contributed by atoms with Gasteiger partial charge in [-0.3, -0.25) is 19.3 Å². The van der Waals surface area contributed by atoms with Crippen LogP contribution in [0.3, 0.4) is 0 Å². The lowest BCUT2D eigenvalue weighted by molar-refractivity contribution is -0.144. The van der Waals surface area contributed by atoms with E-state index in [1.54, 1.807) is 24.3 Å². The van der Waals surface area contributed by atoms with Gasteiger partial charge in [-0.2, -0.15) is 0 Å². The first kappa shape index (κ1) is 13.9. The standard InChI is InChI=1S/C12H11ClN2O3S/c13-8-1-3-9(4-2-8)14-10(16)5-15-11(17)6-19-7-12(15)18/h1-4H,5-7H2,(H,14,16). The Kier molecular flexibility index (Phi) is 4.44. The predicted molar refractivity (Wildman–Crippen MR) is 74.1 cm³/mol. The van der Waals surface area contributed by atoms with Gasteiger partial charge in [-0.1, -0.05) is 11.6 Å². The summed E-state index contributed by atoms with van der Waals surface area (Å²) in [6.45, 7) is -0.249. The predicted octanol–water partition coefficient (Wildman–Crippen LogP) is 1.38. The zero-order valence-electron chi connectivity index (χ0n) is 9.89. The molecular weight excluding hydrogens is 288 g/mol. The average Bonchev–Trinajstić information content (AvgIpc) is 2.37. The van der Waals surface area contributed by atoms with Gasteiger partial charge in [0.1, 0.15) is 6.54 Å². The van der Waals surface area contributed by atoms with Crippen LogP contribution in [0, 0.1) is 0 Å². The molecule has 1 heterocycles. The van der Waals surface area contributed by atoms with Crippen LogP contribution in [0.25, 0.3) is 0 Å². The Balaban J connectivity index is 1.95. The molecule has 1 aromatic rings. The average molecular weight is 299 g/mol. The molecule has 2 rings (SSSR count). The van der Waals surface area contributed by atoms with Crippen LogP contribution in [0.4, 0.5) is 5.69 Å². The second-order valence-electron chi connectivity index (χ2n) is 3.92. The number of benzene rings is 1. The maximum Gasteiger partial charge on any atom is 0.244 e. The molecule has 5 nitrogen and oxygen atoms in total. The van der Waals surface area contributed by atoms with Crippen LogP contribution in [0.2, 0.25) is 5.02 Å². The Morgan fingerprint density at radius 1 is 1.21 bits per heavy atom. The summed E-state index contributed by atoms with van der Waals surface area (Å²) in [5, 5.41) is 3.17. The number of nitrogens with zero attached hydrogens (tertiary/aromatic N) is 1. The van der Waals surface area contributed by atoms with E-state index in [1.165, 1.54) is 11.8 Å². The second kappa shape index (κ2) is 6.08. The van der Waals surface area contributed by atoms with E-state index >= 15 is 0 Å². The monoisotopic (exact) mass is 298 g/mol. The summed E-state index contributed by atoms with van der Waals surface area (Å²) in [7, 11) is 0. The normalized spacial score (nSPS) is 15.5. The van der Waals surface area contributed by atoms with Crippen molar-refractivity contribution in [3.05, 3.63) is 29.3 Å². The summed E-state index contributed by atoms with van der Waals surface area (Å²) in [5.74, 6) is -0.587. The fourth-order valence-corrected chi connectivity index (χ4v) is 2.46. The lowest BCUT2D eigenvalue weighted by Gasteiger charge is -2.23. The SMILES string of the molecule is O=C(CN1C(=O)CSCC1=O)Nc1ccc(Cl)cc1. The number of carbonyl (C=O) groups is 3. The molecule has 1 saturated heterocycles. The minimum atomic E-state index is -0.407. The first-order chi connectivity index (χ1) is 9.06. The summed E-state index contributed by atoms with van der Waals surface area (Å²) in [5.41, 5.74) is 0.570. The Morgan fingerprint density at radius 3 is 2.37 bits per heavy atom. The van der Waals surface area contributed by atoms with Gasteiger partial charge in [-0.15, -0.1) is 11.8 Å². The van der Waals surface area contributed by atoms with Crippen molar-refractivity contribution in [2.45, 2.75) is 0 Å². The quantitative estimate of drug-likeness (QED) is 0.856. The van der Waals surface area contributed by atoms with Crippen molar-refractivity contribution in [3.63, 3.8) is 0 Å². The molecule has 0 aliphatic carbocycles. The number of carbonyl (C=O) groups excluding carboxylic acids is 3. The Labute approximate surface area is 119 Å². The van der Waals surface area contributed by atoms with Crippen molar-refractivity contribution >= 4 is 46.8 Å². The van der Waals surface area contributed by atoms with E-state index < -0.39 is 5.91 Å². The highest BCUT2D eigenvalue weighted by Crippen LogP contribution is 2.14. The third kappa shape index (κ3) is 3.71. The Morgan fingerprint density at radius 2 is 1.79 bits per heavy atom. The zero-order chi connectivity index (χ0) is 13.8. The van der Waals surface area contributed by atoms with Gasteiger partial charge in [0.2, 0.25) is 17.7 Å². The van der Waals surface area contributed by atoms with Crippen molar-refractivity contribution in [1.29, 1.82) is 0 Å². The Bertz CT molecular complexity index is 502. The molecule has 19 heavy (non-hydrogen) atoms. The van der Waals surface area contributed by atoms with Gasteiger partial charge in [0.15, 0.2) is 0 Å². The molecule has 0 radical (unpaired) electrons. The number of hydrogen-bond acceptors (Lipinski definition) is 4. The summed E-state index contributed by atoms with van der Waals surface area (Å²) < 4.78 is 0. The number of halogens is 1. The molecule has 100 valence electrons. The third-order valence-electron chi connectivity index (χ3n) is 2.48. The highest BCUT2D eigenvalue weighted by molar-refractivity contribution is 8.00. The van der Waals surface area contributed by atoms with Crippen molar-refractivity contribution in [3.8, 4) is 0 Å². The van der Waals surface area contributed by atoms with Crippen LogP contribution in [-0.4, -0.2) is 40.7 Å². The van der Waals surface area contributed by atoms with E-state index in [0.29, 0.717) is 10.7 Å². The lowest BCUT2D eigenvalue weighted by atomic mass is 10.3. The van der Waals surface area contributed by atoms with Gasteiger partial charge in [-0.25, -0.2) is 0 Å². The number of nitrogens with one attached hydrogen (secondary N) is 1. The van der Waals surface area contributed by atoms with Crippen molar-refractivity contribution in [1.82, 2.24) is 4.90 Å². The van der Waals surface area contributed by atoms with Gasteiger partial charge < -0.3 is 5.32 Å². The van der Waals surface area contributed by atoms with Gasteiger partial charge >= 0.3 is 0 Å². The lowest BCUT2D eigenvalue weighted by Crippen LogP contribution is -2.46. The summed E-state index contributed by atoms with van der Waals surface area (Å²) >= 11 is 6.99. The minimum absolute atomic E-state index is 0.236. The first-order valence-electron chi connectivity index (χ1n) is 5.52. The van der Waals surface area contributed by atoms with E-state index in [9.17, 15) is 14.4 Å². The van der Waals surface area contributed by atoms with E-state index in [0.717, 1.165) is 4.90 Å². The van der Waals surface area contributed by atoms with Crippen LogP contribution < -0.4 is 5.32 Å². The fraction of sp³-hybridized carbons (Fsp3) is 0.250. The highest BCUT2D eigenvalue weighted by atomic mass is 35.5. The molecule has 0 atom stereocenters. The van der Waals surface area contributed by atoms with Crippen LogP contribution in [0.5, 0.6) is 0 Å². The molecule has 0 saturated carbocycles. The second-order valence-corrected chi connectivity index (χ2v) is 5.34. The van der Waals surface area contributed by atoms with Crippen LogP contribution in [-0.2, 0) is 14.4 Å². The number of thioether (sulfide) groups is 1. The fourth-order valence-electron chi connectivity index (χ4n) is 1.57. The van der Waals surface area contributed by atoms with Gasteiger partial charge in [0, 0.05) is 10.7 Å². The van der Waals surface area contributed by atoms with Crippen LogP contribution in [0.15, 0.2) is 24.3 Å². The smallest absolute Gasteiger partial charge is 0.244 e. The maximum atomic E-state index is 11.8. The van der Waals surface area contributed by atoms with Crippen molar-refractivity contribution in [2.24, 2.45) is 0 Å². The van der Waals surface area contributed by atoms with Crippen LogP contribution >= 0.6 is 23.4 Å². The largest absolute Gasteiger partial charge is 0.325 e. The van der Waals surface area contributed by atoms with E-state index in [2.05, 4.69) is 5.32 Å². The molecule has 0 unspecified atom stereocenters. The molecule has 1 aromatic carbocycles. The number of rotatable bonds is 3. The third-order valence-corrected chi connectivity index (χ3v) is 3.64. The summed E-state index contributed by atoms with van der Waals surface area (Å²) in [6.07, 6.45) is 0. The zero-order valence-corrected chi connectivity index (χ0v) is 11.5. The number of imide groups is 1. The molecule has 0 bridgehead atoms. The molecule has 7 heteroatoms. The summed E-state index contributed by atoms with van der Waals surface area (Å²) in [6, 6.07) is 6.59. The molecular formula is C12H11ClN2O3S. The molecule has 1 N–H and O–H groups in total. The molecule has 1 fully saturated rings. The molecule has 3 amide bonds. The van der Waals surface area contributed by atoms with Crippen LogP contribution in [0.1, 0.15) is 0 Å². The minimum Gasteiger partial charge on any atom is -0.325 e. The van der Waals surface area contributed by atoms with Crippen molar-refractivity contribution in [2.75, 3.05) is 23.4 Å². The topological polar surface area (TPSA) is 66.5 Å². The summed E-state index contributed by atoms with van der Waals surface area (Å²) in [4.78, 5) is 35.8. The first-order valence-corrected chi connectivity index (χ1v) is 7.06. The van der Waals surface area contributed by atoms with E-state index in [1.807, 2.05) is 0 Å². The van der Waals surface area contributed by atoms with E-state index in [-0.39, 0.29) is 29.9 Å². The van der Waals surface area contributed by atoms with E-state index in [4.69, 9.17) is 11.6 Å². The molecule has 0 spiro atoms. The maximum absolute atomic E-state index is 11.8. The van der Waals surface area contributed by atoms with Gasteiger partial charge in [-0.05, 0) is 24.3 Å². The number of hydrogen-bond donors (Lipinski definition) is 1. The number of amides is 3. The Hall–Kier alpha value is -1.53. The molecule has 0 aromatic heterocycles. The number of anilines is 1. The highest BCUT2D eigenvalue weighted by Gasteiger charge is 2.28. The van der Waals surface area contributed by atoms with Crippen molar-refractivity contribution < 1.29 is 14.4 Å².